The van der Waals surface area contributed by atoms with Gasteiger partial charge in [0.1, 0.15) is 0 Å². The van der Waals surface area contributed by atoms with Crippen molar-refractivity contribution >= 4 is 12.4 Å². The van der Waals surface area contributed by atoms with Gasteiger partial charge in [0.05, 0.1) is 12.3 Å². The van der Waals surface area contributed by atoms with Gasteiger partial charge >= 0.3 is 0 Å². The van der Waals surface area contributed by atoms with E-state index in [-0.39, 0.29) is 24.5 Å². The van der Waals surface area contributed by atoms with Crippen LogP contribution in [0.2, 0.25) is 0 Å². The molecule has 106 valence electrons. The third kappa shape index (κ3) is 5.80. The Morgan fingerprint density at radius 3 is 2.78 bits per heavy atom. The van der Waals surface area contributed by atoms with E-state index in [9.17, 15) is 4.39 Å². The molecule has 0 aliphatic heterocycles. The van der Waals surface area contributed by atoms with Crippen LogP contribution in [0.3, 0.4) is 0 Å². The number of aryl methyl sites for hydroxylation is 1. The van der Waals surface area contributed by atoms with Crippen molar-refractivity contribution in [2.24, 2.45) is 0 Å². The second kappa shape index (κ2) is 9.30. The Balaban J connectivity index is 0.00000289. The van der Waals surface area contributed by atoms with Gasteiger partial charge in [-0.2, -0.15) is 9.49 Å². The van der Waals surface area contributed by atoms with E-state index in [1.807, 2.05) is 20.8 Å². The Hall–Kier alpha value is -0.650. The zero-order valence-electron chi connectivity index (χ0n) is 11.3. The summed E-state index contributed by atoms with van der Waals surface area (Å²) in [5.74, 6) is -0.238. The van der Waals surface area contributed by atoms with E-state index < -0.39 is 0 Å². The van der Waals surface area contributed by atoms with Crippen molar-refractivity contribution in [3.8, 4) is 0 Å². The summed E-state index contributed by atoms with van der Waals surface area (Å²) in [6.45, 7) is 8.55. The van der Waals surface area contributed by atoms with Crippen LogP contribution in [0.1, 0.15) is 32.8 Å². The number of aromatic nitrogens is 2. The Morgan fingerprint density at radius 2 is 2.22 bits per heavy atom. The molecule has 6 heteroatoms. The SMILES string of the molecule is CCn1ncc(CNCCCOC(C)C)c1F.Cl. The number of nitrogens with one attached hydrogen (secondary N) is 1. The molecule has 0 bridgehead atoms. The maximum absolute atomic E-state index is 13.5. The predicted molar refractivity (Wildman–Crippen MR) is 72.5 cm³/mol. The van der Waals surface area contributed by atoms with Crippen molar-refractivity contribution in [3.05, 3.63) is 17.7 Å². The molecule has 1 heterocycles. The molecule has 0 aliphatic rings. The summed E-state index contributed by atoms with van der Waals surface area (Å²) in [5.41, 5.74) is 0.622. The summed E-state index contributed by atoms with van der Waals surface area (Å²) in [6.07, 6.45) is 2.79. The molecule has 0 aliphatic carbocycles. The van der Waals surface area contributed by atoms with E-state index in [2.05, 4.69) is 10.4 Å². The molecule has 0 spiro atoms. The van der Waals surface area contributed by atoms with Gasteiger partial charge in [-0.3, -0.25) is 0 Å². The van der Waals surface area contributed by atoms with Crippen LogP contribution in [0.5, 0.6) is 0 Å². The van der Waals surface area contributed by atoms with Crippen LogP contribution in [0.4, 0.5) is 4.39 Å². The summed E-state index contributed by atoms with van der Waals surface area (Å²) in [4.78, 5) is 0. The largest absolute Gasteiger partial charge is 0.379 e. The van der Waals surface area contributed by atoms with E-state index >= 15 is 0 Å². The zero-order valence-corrected chi connectivity index (χ0v) is 12.1. The first-order valence-electron chi connectivity index (χ1n) is 6.17. The predicted octanol–water partition coefficient (Wildman–Crippen LogP) is 2.37. The van der Waals surface area contributed by atoms with Gasteiger partial charge in [-0.25, -0.2) is 4.68 Å². The minimum atomic E-state index is -0.238. The highest BCUT2D eigenvalue weighted by atomic mass is 35.5. The minimum absolute atomic E-state index is 0. The maximum Gasteiger partial charge on any atom is 0.215 e. The van der Waals surface area contributed by atoms with Gasteiger partial charge in [0, 0.05) is 25.3 Å². The Kier molecular flexibility index (Phi) is 8.97. The lowest BCUT2D eigenvalue weighted by molar-refractivity contribution is 0.0770. The first-order chi connectivity index (χ1) is 8.15. The molecule has 1 N–H and O–H groups in total. The quantitative estimate of drug-likeness (QED) is 0.743. The minimum Gasteiger partial charge on any atom is -0.379 e. The topological polar surface area (TPSA) is 39.1 Å². The van der Waals surface area contributed by atoms with Gasteiger partial charge in [0.25, 0.3) is 0 Å². The number of nitrogens with zero attached hydrogens (tertiary/aromatic N) is 2. The van der Waals surface area contributed by atoms with Gasteiger partial charge in [0.2, 0.25) is 5.95 Å². The molecule has 0 aromatic carbocycles. The monoisotopic (exact) mass is 279 g/mol. The molecule has 0 saturated carbocycles. The fourth-order valence-electron chi connectivity index (χ4n) is 1.49. The molecule has 1 rings (SSSR count). The van der Waals surface area contributed by atoms with Gasteiger partial charge in [0.15, 0.2) is 0 Å². The average molecular weight is 280 g/mol. The molecular weight excluding hydrogens is 257 g/mol. The fraction of sp³-hybridized carbons (Fsp3) is 0.750. The van der Waals surface area contributed by atoms with Crippen molar-refractivity contribution in [3.63, 3.8) is 0 Å². The molecule has 0 fully saturated rings. The number of rotatable bonds is 8. The molecule has 0 amide bonds. The highest BCUT2D eigenvalue weighted by molar-refractivity contribution is 5.85. The molecular formula is C12H23ClFN3O. The number of hydrogen-bond donors (Lipinski definition) is 1. The molecule has 0 atom stereocenters. The van der Waals surface area contributed by atoms with Crippen LogP contribution in [-0.2, 0) is 17.8 Å². The Labute approximate surface area is 114 Å². The number of hydrogen-bond acceptors (Lipinski definition) is 3. The molecule has 4 nitrogen and oxygen atoms in total. The van der Waals surface area contributed by atoms with E-state index in [1.54, 1.807) is 6.20 Å². The molecule has 0 unspecified atom stereocenters. The van der Waals surface area contributed by atoms with Crippen LogP contribution >= 0.6 is 12.4 Å². The van der Waals surface area contributed by atoms with Crippen LogP contribution in [0.25, 0.3) is 0 Å². The van der Waals surface area contributed by atoms with E-state index in [0.717, 1.165) is 19.6 Å². The fourth-order valence-corrected chi connectivity index (χ4v) is 1.49. The van der Waals surface area contributed by atoms with Crippen molar-refractivity contribution in [2.75, 3.05) is 13.2 Å². The summed E-state index contributed by atoms with van der Waals surface area (Å²) in [5, 5.41) is 7.13. The van der Waals surface area contributed by atoms with Crippen LogP contribution in [-0.4, -0.2) is 29.0 Å². The third-order valence-electron chi connectivity index (χ3n) is 2.41. The zero-order chi connectivity index (χ0) is 12.7. The van der Waals surface area contributed by atoms with Gasteiger partial charge in [-0.05, 0) is 33.7 Å². The van der Waals surface area contributed by atoms with Crippen molar-refractivity contribution < 1.29 is 9.13 Å². The lowest BCUT2D eigenvalue weighted by Crippen LogP contribution is -2.18. The molecule has 1 aromatic heterocycles. The first kappa shape index (κ1) is 17.4. The Bertz CT molecular complexity index is 331. The van der Waals surface area contributed by atoms with E-state index in [0.29, 0.717) is 18.7 Å². The van der Waals surface area contributed by atoms with Crippen LogP contribution < -0.4 is 5.32 Å². The summed E-state index contributed by atoms with van der Waals surface area (Å²) < 4.78 is 20.3. The second-order valence-corrected chi connectivity index (χ2v) is 4.23. The van der Waals surface area contributed by atoms with Crippen molar-refractivity contribution in [1.29, 1.82) is 0 Å². The summed E-state index contributed by atoms with van der Waals surface area (Å²) in [6, 6.07) is 0. The molecule has 1 aromatic rings. The lowest BCUT2D eigenvalue weighted by Gasteiger charge is -2.07. The maximum atomic E-state index is 13.5. The molecule has 0 saturated heterocycles. The number of halogens is 2. The average Bonchev–Trinajstić information content (AvgIpc) is 2.64. The van der Waals surface area contributed by atoms with Crippen molar-refractivity contribution in [1.82, 2.24) is 15.1 Å². The van der Waals surface area contributed by atoms with Crippen LogP contribution in [0, 0.1) is 5.95 Å². The number of ether oxygens (including phenoxy) is 1. The second-order valence-electron chi connectivity index (χ2n) is 4.23. The van der Waals surface area contributed by atoms with Crippen molar-refractivity contribution in [2.45, 2.75) is 46.4 Å². The highest BCUT2D eigenvalue weighted by Gasteiger charge is 2.07. The normalized spacial score (nSPS) is 10.7. The Morgan fingerprint density at radius 1 is 1.50 bits per heavy atom. The van der Waals surface area contributed by atoms with E-state index in [1.165, 1.54) is 4.68 Å². The van der Waals surface area contributed by atoms with Gasteiger partial charge in [-0.15, -0.1) is 12.4 Å². The standard InChI is InChI=1S/C12H22FN3O.ClH/c1-4-16-12(13)11(9-15-16)8-14-6-5-7-17-10(2)3;/h9-10,14H,4-8H2,1-3H3;1H. The van der Waals surface area contributed by atoms with Gasteiger partial charge < -0.3 is 10.1 Å². The summed E-state index contributed by atoms with van der Waals surface area (Å²) >= 11 is 0. The third-order valence-corrected chi connectivity index (χ3v) is 2.41. The highest BCUT2D eigenvalue weighted by Crippen LogP contribution is 2.05. The summed E-state index contributed by atoms with van der Waals surface area (Å²) in [7, 11) is 0. The molecule has 18 heavy (non-hydrogen) atoms. The van der Waals surface area contributed by atoms with Gasteiger partial charge in [-0.1, -0.05) is 0 Å². The molecule has 0 radical (unpaired) electrons. The van der Waals surface area contributed by atoms with Crippen LogP contribution in [0.15, 0.2) is 6.20 Å². The lowest BCUT2D eigenvalue weighted by atomic mass is 10.3. The van der Waals surface area contributed by atoms with E-state index in [4.69, 9.17) is 4.74 Å². The first-order valence-corrected chi connectivity index (χ1v) is 6.17. The smallest absolute Gasteiger partial charge is 0.215 e.